The van der Waals surface area contributed by atoms with Crippen molar-refractivity contribution in [1.82, 2.24) is 9.97 Å². The Morgan fingerprint density at radius 2 is 1.88 bits per heavy atom. The third kappa shape index (κ3) is 4.52. The van der Waals surface area contributed by atoms with Gasteiger partial charge in [0.15, 0.2) is 0 Å². The number of H-pyrrole nitrogens is 1. The van der Waals surface area contributed by atoms with Crippen molar-refractivity contribution >= 4 is 22.6 Å². The summed E-state index contributed by atoms with van der Waals surface area (Å²) in [6, 6.07) is 24.9. The molecule has 0 atom stereocenters. The normalized spacial score (nSPS) is 10.5. The molecule has 0 saturated carbocycles. The van der Waals surface area contributed by atoms with E-state index < -0.39 is 5.97 Å². The molecular weight excluding hydrogens is 422 g/mol. The minimum Gasteiger partial charge on any atom is -0.478 e. The van der Waals surface area contributed by atoms with Crippen LogP contribution in [-0.4, -0.2) is 21.0 Å². The molecule has 0 aliphatic carbocycles. The molecule has 0 unspecified atom stereocenters. The molecule has 0 amide bonds. The van der Waals surface area contributed by atoms with Crippen LogP contribution >= 0.6 is 0 Å². The van der Waals surface area contributed by atoms with Crippen molar-refractivity contribution in [3.8, 4) is 23.0 Å². The molecule has 0 fully saturated rings. The number of nitrogens with zero attached hydrogens (tertiary/aromatic N) is 1. The van der Waals surface area contributed by atoms with Gasteiger partial charge in [0.25, 0.3) is 0 Å². The Hall–Kier alpha value is -4.82. The maximum absolute atomic E-state index is 12.0. The highest BCUT2D eigenvalue weighted by molar-refractivity contribution is 5.99. The number of hydrogen-bond acceptors (Lipinski definition) is 3. The third-order valence-corrected chi connectivity index (χ3v) is 5.56. The molecular formula is C29H21N3O2. The highest BCUT2D eigenvalue weighted by Crippen LogP contribution is 2.30. The zero-order valence-corrected chi connectivity index (χ0v) is 18.2. The number of rotatable bonds is 5. The van der Waals surface area contributed by atoms with Crippen LogP contribution in [0.15, 0.2) is 97.5 Å². The van der Waals surface area contributed by atoms with Gasteiger partial charge in [0.1, 0.15) is 0 Å². The predicted octanol–water partition coefficient (Wildman–Crippen LogP) is 5.94. The van der Waals surface area contributed by atoms with Gasteiger partial charge in [0.05, 0.1) is 5.56 Å². The molecule has 164 valence electrons. The third-order valence-electron chi connectivity index (χ3n) is 5.56. The molecule has 3 N–H and O–H groups in total. The molecule has 0 aliphatic rings. The number of fused-ring (bicyclic) bond motifs is 1. The standard InChI is InChI=1S/C29H21N3O2/c33-29(34)26-8-2-6-23(28(26)24-12-11-22-13-15-31-27(22)17-24)10-9-20-4-1-7-25(16-20)32-19-21-5-3-14-30-18-21/h1-8,11-18,31-32H,19H2,(H,33,34). The molecule has 2 aromatic heterocycles. The monoisotopic (exact) mass is 443 g/mol. The van der Waals surface area contributed by atoms with E-state index >= 15 is 0 Å². The molecule has 0 aliphatic heterocycles. The first kappa shape index (κ1) is 21.0. The van der Waals surface area contributed by atoms with Crippen LogP contribution in [0.1, 0.15) is 27.0 Å². The SMILES string of the molecule is O=C(O)c1cccc(C#Cc2cccc(NCc3cccnc3)c2)c1-c1ccc2cc[nH]c2c1. The van der Waals surface area contributed by atoms with Crippen LogP contribution in [0.3, 0.4) is 0 Å². The first-order chi connectivity index (χ1) is 16.7. The number of aromatic nitrogens is 2. The average Bonchev–Trinajstić information content (AvgIpc) is 3.35. The summed E-state index contributed by atoms with van der Waals surface area (Å²) in [6.45, 7) is 0.663. The van der Waals surface area contributed by atoms with Crippen molar-refractivity contribution in [1.29, 1.82) is 0 Å². The highest BCUT2D eigenvalue weighted by Gasteiger charge is 2.15. The van der Waals surface area contributed by atoms with E-state index in [0.717, 1.165) is 33.3 Å². The molecule has 5 heteroatoms. The van der Waals surface area contributed by atoms with Gasteiger partial charge in [-0.25, -0.2) is 4.79 Å². The van der Waals surface area contributed by atoms with E-state index in [1.54, 1.807) is 18.3 Å². The molecule has 0 saturated heterocycles. The summed E-state index contributed by atoms with van der Waals surface area (Å²) in [5.41, 5.74) is 6.14. The van der Waals surface area contributed by atoms with Crippen molar-refractivity contribution in [3.63, 3.8) is 0 Å². The lowest BCUT2D eigenvalue weighted by molar-refractivity contribution is 0.0697. The summed E-state index contributed by atoms with van der Waals surface area (Å²) in [5.74, 6) is 5.43. The molecule has 2 heterocycles. The summed E-state index contributed by atoms with van der Waals surface area (Å²) < 4.78 is 0. The van der Waals surface area contributed by atoms with Gasteiger partial charge >= 0.3 is 5.97 Å². The fourth-order valence-electron chi connectivity index (χ4n) is 3.90. The number of carboxylic acids is 1. The minimum atomic E-state index is -0.980. The van der Waals surface area contributed by atoms with Gasteiger partial charge < -0.3 is 15.4 Å². The Morgan fingerprint density at radius 3 is 2.74 bits per heavy atom. The molecule has 5 aromatic rings. The first-order valence-corrected chi connectivity index (χ1v) is 10.9. The molecule has 0 bridgehead atoms. The Morgan fingerprint density at radius 1 is 0.971 bits per heavy atom. The van der Waals surface area contributed by atoms with Crippen molar-refractivity contribution in [2.24, 2.45) is 0 Å². The summed E-state index contributed by atoms with van der Waals surface area (Å²) in [5, 5.41) is 14.3. The van der Waals surface area contributed by atoms with Gasteiger partial charge in [0, 0.05) is 53.0 Å². The number of carbonyl (C=O) groups is 1. The predicted molar refractivity (Wildman–Crippen MR) is 135 cm³/mol. The lowest BCUT2D eigenvalue weighted by Crippen LogP contribution is -2.01. The van der Waals surface area contributed by atoms with Gasteiger partial charge in [-0.3, -0.25) is 4.98 Å². The number of anilines is 1. The number of hydrogen-bond donors (Lipinski definition) is 3. The fraction of sp³-hybridized carbons (Fsp3) is 0.0345. The number of aromatic carboxylic acids is 1. The maximum atomic E-state index is 12.0. The van der Waals surface area contributed by atoms with Crippen molar-refractivity contribution in [2.75, 3.05) is 5.32 Å². The highest BCUT2D eigenvalue weighted by atomic mass is 16.4. The molecule has 5 nitrogen and oxygen atoms in total. The summed E-state index contributed by atoms with van der Waals surface area (Å²) >= 11 is 0. The number of benzene rings is 3. The number of carboxylic acid groups (broad SMARTS) is 1. The van der Waals surface area contributed by atoms with Gasteiger partial charge in [0.2, 0.25) is 0 Å². The van der Waals surface area contributed by atoms with Crippen LogP contribution in [0, 0.1) is 11.8 Å². The van der Waals surface area contributed by atoms with E-state index in [2.05, 4.69) is 27.1 Å². The number of nitrogens with one attached hydrogen (secondary N) is 2. The second kappa shape index (κ2) is 9.35. The van der Waals surface area contributed by atoms with Crippen molar-refractivity contribution in [2.45, 2.75) is 6.54 Å². The molecule has 3 aromatic carbocycles. The van der Waals surface area contributed by atoms with Gasteiger partial charge in [-0.2, -0.15) is 0 Å². The number of pyridine rings is 1. The van der Waals surface area contributed by atoms with Gasteiger partial charge in [-0.1, -0.05) is 42.2 Å². The van der Waals surface area contributed by atoms with Crippen molar-refractivity contribution in [3.05, 3.63) is 120 Å². The lowest BCUT2D eigenvalue weighted by atomic mass is 9.93. The zero-order chi connectivity index (χ0) is 23.3. The smallest absolute Gasteiger partial charge is 0.336 e. The van der Waals surface area contributed by atoms with E-state index in [9.17, 15) is 9.90 Å². The lowest BCUT2D eigenvalue weighted by Gasteiger charge is -2.10. The van der Waals surface area contributed by atoms with Gasteiger partial charge in [-0.05, 0) is 65.0 Å². The number of aromatic amines is 1. The summed E-state index contributed by atoms with van der Waals surface area (Å²) in [7, 11) is 0. The minimum absolute atomic E-state index is 0.226. The quantitative estimate of drug-likeness (QED) is 0.294. The summed E-state index contributed by atoms with van der Waals surface area (Å²) in [6.07, 6.45) is 5.45. The second-order valence-electron chi connectivity index (χ2n) is 7.86. The van der Waals surface area contributed by atoms with Crippen molar-refractivity contribution < 1.29 is 9.90 Å². The topological polar surface area (TPSA) is 78.0 Å². The Labute approximate surface area is 197 Å². The van der Waals surface area contributed by atoms with Crippen LogP contribution in [-0.2, 0) is 6.54 Å². The Bertz CT molecular complexity index is 1540. The Kier molecular flexibility index (Phi) is 5.79. The van der Waals surface area contributed by atoms with Crippen LogP contribution in [0.4, 0.5) is 5.69 Å². The maximum Gasteiger partial charge on any atom is 0.336 e. The Balaban J connectivity index is 1.48. The molecule has 34 heavy (non-hydrogen) atoms. The molecule has 0 spiro atoms. The van der Waals surface area contributed by atoms with Crippen LogP contribution in [0.5, 0.6) is 0 Å². The van der Waals surface area contributed by atoms with Crippen LogP contribution in [0.2, 0.25) is 0 Å². The average molecular weight is 444 g/mol. The zero-order valence-electron chi connectivity index (χ0n) is 18.2. The van der Waals surface area contributed by atoms with E-state index in [0.29, 0.717) is 17.7 Å². The fourth-order valence-corrected chi connectivity index (χ4v) is 3.90. The summed E-state index contributed by atoms with van der Waals surface area (Å²) in [4.78, 5) is 19.3. The van der Waals surface area contributed by atoms with Crippen LogP contribution in [0.25, 0.3) is 22.0 Å². The first-order valence-electron chi connectivity index (χ1n) is 10.9. The largest absolute Gasteiger partial charge is 0.478 e. The molecule has 0 radical (unpaired) electrons. The second-order valence-corrected chi connectivity index (χ2v) is 7.86. The van der Waals surface area contributed by atoms with E-state index in [1.165, 1.54) is 0 Å². The molecule has 5 rings (SSSR count). The van der Waals surface area contributed by atoms with Crippen LogP contribution < -0.4 is 5.32 Å². The van der Waals surface area contributed by atoms with Gasteiger partial charge in [-0.15, -0.1) is 0 Å². The van der Waals surface area contributed by atoms with E-state index in [1.807, 2.05) is 79.1 Å². The van der Waals surface area contributed by atoms with E-state index in [-0.39, 0.29) is 5.56 Å². The van der Waals surface area contributed by atoms with E-state index in [4.69, 9.17) is 0 Å².